The molecule has 30 heavy (non-hydrogen) atoms. The molecule has 0 aliphatic rings. The van der Waals surface area contributed by atoms with Gasteiger partial charge in [0.1, 0.15) is 18.2 Å². The number of nitrogens with zero attached hydrogens (tertiary/aromatic N) is 1. The minimum atomic E-state index is -0.379. The fourth-order valence-corrected chi connectivity index (χ4v) is 3.71. The van der Waals surface area contributed by atoms with E-state index in [0.29, 0.717) is 23.5 Å². The Labute approximate surface area is 183 Å². The number of hydrogen-bond donors (Lipinski definition) is 0. The van der Waals surface area contributed by atoms with E-state index in [0.717, 1.165) is 26.4 Å². The molecule has 0 unspecified atom stereocenters. The summed E-state index contributed by atoms with van der Waals surface area (Å²) in [6, 6.07) is 28.1. The number of allylic oxidation sites excluding steroid dienone is 1. The molecule has 0 saturated carbocycles. The molecule has 4 heteroatoms. The van der Waals surface area contributed by atoms with Crippen molar-refractivity contribution < 1.29 is 9.13 Å². The largest absolute Gasteiger partial charge is 0.488 e. The van der Waals surface area contributed by atoms with Crippen molar-refractivity contribution in [1.29, 1.82) is 5.26 Å². The Hall–Kier alpha value is -3.42. The lowest BCUT2D eigenvalue weighted by Gasteiger charge is -2.12. The number of hydrogen-bond acceptors (Lipinski definition) is 2. The van der Waals surface area contributed by atoms with Crippen molar-refractivity contribution in [3.8, 4) is 11.8 Å². The fraction of sp³-hybridized carbons (Fsp3) is 0.0385. The molecule has 146 valence electrons. The smallest absolute Gasteiger partial charge is 0.127 e. The lowest BCUT2D eigenvalue weighted by molar-refractivity contribution is 0.307. The molecule has 2 nitrogen and oxygen atoms in total. The summed E-state index contributed by atoms with van der Waals surface area (Å²) >= 11 is 3.48. The van der Waals surface area contributed by atoms with Crippen LogP contribution in [0.3, 0.4) is 0 Å². The average molecular weight is 458 g/mol. The van der Waals surface area contributed by atoms with E-state index in [2.05, 4.69) is 40.2 Å². The van der Waals surface area contributed by atoms with Crippen LogP contribution in [0.25, 0.3) is 22.4 Å². The summed E-state index contributed by atoms with van der Waals surface area (Å²) in [6.45, 7) is 0.395. The third-order valence-electron chi connectivity index (χ3n) is 4.79. The third-order valence-corrected chi connectivity index (χ3v) is 5.28. The van der Waals surface area contributed by atoms with Gasteiger partial charge >= 0.3 is 0 Å². The van der Waals surface area contributed by atoms with E-state index in [1.165, 1.54) is 12.1 Å². The number of nitriles is 1. The Balaban J connectivity index is 1.68. The van der Waals surface area contributed by atoms with Gasteiger partial charge in [0.2, 0.25) is 0 Å². The zero-order valence-electron chi connectivity index (χ0n) is 16.0. The number of halogens is 2. The topological polar surface area (TPSA) is 33.0 Å². The summed E-state index contributed by atoms with van der Waals surface area (Å²) in [5, 5.41) is 11.9. The van der Waals surface area contributed by atoms with E-state index >= 15 is 0 Å². The minimum absolute atomic E-state index is 0.364. The second kappa shape index (κ2) is 8.94. The lowest BCUT2D eigenvalue weighted by Crippen LogP contribution is -1.98. The number of rotatable bonds is 5. The molecule has 4 aromatic carbocycles. The van der Waals surface area contributed by atoms with Crippen LogP contribution in [0.2, 0.25) is 0 Å². The highest BCUT2D eigenvalue weighted by Gasteiger charge is 2.09. The van der Waals surface area contributed by atoms with E-state index < -0.39 is 0 Å². The molecule has 0 radical (unpaired) electrons. The van der Waals surface area contributed by atoms with E-state index in [1.807, 2.05) is 42.5 Å². The van der Waals surface area contributed by atoms with Gasteiger partial charge in [0.05, 0.1) is 11.6 Å². The molecule has 0 aromatic heterocycles. The summed E-state index contributed by atoms with van der Waals surface area (Å²) in [5.74, 6) is 0.269. The molecule has 0 amide bonds. The van der Waals surface area contributed by atoms with Crippen LogP contribution >= 0.6 is 15.9 Å². The van der Waals surface area contributed by atoms with Gasteiger partial charge in [-0.15, -0.1) is 0 Å². The molecule has 0 heterocycles. The second-order valence-electron chi connectivity index (χ2n) is 6.79. The maximum atomic E-state index is 13.6. The van der Waals surface area contributed by atoms with Crippen LogP contribution in [0.1, 0.15) is 16.7 Å². The molecule has 0 N–H and O–H groups in total. The third kappa shape index (κ3) is 4.42. The van der Waals surface area contributed by atoms with Crippen LogP contribution in [0.15, 0.2) is 89.4 Å². The van der Waals surface area contributed by atoms with E-state index in [-0.39, 0.29) is 5.82 Å². The maximum Gasteiger partial charge on any atom is 0.127 e. The van der Waals surface area contributed by atoms with Crippen LogP contribution in [0, 0.1) is 17.1 Å². The van der Waals surface area contributed by atoms with Gasteiger partial charge in [0.25, 0.3) is 0 Å². The molecule has 0 saturated heterocycles. The highest BCUT2D eigenvalue weighted by molar-refractivity contribution is 9.10. The monoisotopic (exact) mass is 457 g/mol. The predicted molar refractivity (Wildman–Crippen MR) is 122 cm³/mol. The lowest BCUT2D eigenvalue weighted by atomic mass is 10.0. The summed E-state index contributed by atoms with van der Waals surface area (Å²) in [6.07, 6.45) is 1.72. The molecule has 0 fully saturated rings. The van der Waals surface area contributed by atoms with Crippen LogP contribution < -0.4 is 4.74 Å². The average Bonchev–Trinajstić information content (AvgIpc) is 2.77. The molecule has 4 aromatic rings. The highest BCUT2D eigenvalue weighted by atomic mass is 79.9. The van der Waals surface area contributed by atoms with Crippen molar-refractivity contribution >= 4 is 38.4 Å². The van der Waals surface area contributed by atoms with Crippen molar-refractivity contribution in [3.63, 3.8) is 0 Å². The van der Waals surface area contributed by atoms with Crippen molar-refractivity contribution in [2.24, 2.45) is 0 Å². The molecule has 0 bridgehead atoms. The summed E-state index contributed by atoms with van der Waals surface area (Å²) < 4.78 is 20.6. The van der Waals surface area contributed by atoms with Crippen LogP contribution in [-0.2, 0) is 6.61 Å². The zero-order valence-corrected chi connectivity index (χ0v) is 17.6. The molecule has 0 aliphatic carbocycles. The molecular formula is C26H17BrFNO. The predicted octanol–water partition coefficient (Wildman–Crippen LogP) is 7.38. The van der Waals surface area contributed by atoms with Gasteiger partial charge in [0, 0.05) is 10.0 Å². The Morgan fingerprint density at radius 2 is 1.77 bits per heavy atom. The van der Waals surface area contributed by atoms with E-state index in [1.54, 1.807) is 18.2 Å². The second-order valence-corrected chi connectivity index (χ2v) is 7.70. The Morgan fingerprint density at radius 3 is 2.60 bits per heavy atom. The Morgan fingerprint density at radius 1 is 0.967 bits per heavy atom. The number of benzene rings is 4. The number of ether oxygens (including phenoxy) is 1. The maximum absolute atomic E-state index is 13.6. The SMILES string of the molecule is N#C/C(=C/c1cc(Br)ccc1OCc1cccc2ccccc12)c1cccc(F)c1. The zero-order chi connectivity index (χ0) is 20.9. The van der Waals surface area contributed by atoms with Gasteiger partial charge in [0.15, 0.2) is 0 Å². The van der Waals surface area contributed by atoms with Crippen molar-refractivity contribution in [2.45, 2.75) is 6.61 Å². The first-order chi connectivity index (χ1) is 14.6. The molecule has 0 aliphatic heterocycles. The summed E-state index contributed by atoms with van der Waals surface area (Å²) in [4.78, 5) is 0. The van der Waals surface area contributed by atoms with Gasteiger partial charge in [-0.2, -0.15) is 5.26 Å². The van der Waals surface area contributed by atoms with Gasteiger partial charge in [-0.3, -0.25) is 0 Å². The molecular weight excluding hydrogens is 441 g/mol. The van der Waals surface area contributed by atoms with Gasteiger partial charge in [-0.25, -0.2) is 4.39 Å². The number of fused-ring (bicyclic) bond motifs is 1. The first-order valence-electron chi connectivity index (χ1n) is 9.41. The highest BCUT2D eigenvalue weighted by Crippen LogP contribution is 2.29. The minimum Gasteiger partial charge on any atom is -0.488 e. The van der Waals surface area contributed by atoms with E-state index in [4.69, 9.17) is 4.74 Å². The molecule has 0 atom stereocenters. The van der Waals surface area contributed by atoms with Crippen molar-refractivity contribution in [3.05, 3.63) is 112 Å². The normalized spacial score (nSPS) is 11.3. The van der Waals surface area contributed by atoms with Crippen molar-refractivity contribution in [1.82, 2.24) is 0 Å². The van der Waals surface area contributed by atoms with Gasteiger partial charge < -0.3 is 4.74 Å². The Kier molecular flexibility index (Phi) is 5.92. The van der Waals surface area contributed by atoms with Crippen molar-refractivity contribution in [2.75, 3.05) is 0 Å². The summed E-state index contributed by atoms with van der Waals surface area (Å²) in [5.41, 5.74) is 2.71. The first kappa shape index (κ1) is 19.9. The first-order valence-corrected chi connectivity index (χ1v) is 10.2. The van der Waals surface area contributed by atoms with Gasteiger partial charge in [-0.1, -0.05) is 70.5 Å². The fourth-order valence-electron chi connectivity index (χ4n) is 3.33. The van der Waals surface area contributed by atoms with Crippen LogP contribution in [0.5, 0.6) is 5.75 Å². The van der Waals surface area contributed by atoms with Gasteiger partial charge in [-0.05, 0) is 58.3 Å². The Bertz CT molecular complexity index is 1280. The summed E-state index contributed by atoms with van der Waals surface area (Å²) in [7, 11) is 0. The quantitative estimate of drug-likeness (QED) is 0.231. The standard InChI is InChI=1S/C26H17BrFNO/c27-23-11-12-26(30-17-20-8-3-6-18-5-1-2-10-25(18)20)21(14-23)13-22(16-29)19-7-4-9-24(28)15-19/h1-15H,17H2/b22-13-. The van der Waals surface area contributed by atoms with Crippen LogP contribution in [0.4, 0.5) is 4.39 Å². The molecule has 0 spiro atoms. The molecule has 4 rings (SSSR count). The van der Waals surface area contributed by atoms with Crippen LogP contribution in [-0.4, -0.2) is 0 Å². The van der Waals surface area contributed by atoms with E-state index in [9.17, 15) is 9.65 Å².